The average Bonchev–Trinajstić information content (AvgIpc) is 3.43. The molecule has 51 heavy (non-hydrogen) atoms. The number of hydrogen-bond acceptors (Lipinski definition) is 8. The van der Waals surface area contributed by atoms with Crippen LogP contribution in [0.1, 0.15) is 37.4 Å². The Morgan fingerprint density at radius 2 is 1.04 bits per heavy atom. The summed E-state index contributed by atoms with van der Waals surface area (Å²) in [7, 11) is 1.59. The molecule has 0 saturated carbocycles. The summed E-state index contributed by atoms with van der Waals surface area (Å²) in [5.41, 5.74) is 3.47. The first kappa shape index (κ1) is 34.1. The summed E-state index contributed by atoms with van der Waals surface area (Å²) < 4.78 is 38.4. The van der Waals surface area contributed by atoms with Crippen LogP contribution < -0.4 is 9.47 Å². The molecule has 0 aromatic heterocycles. The third kappa shape index (κ3) is 7.87. The molecule has 0 N–H and O–H groups in total. The number of benzene rings is 5. The second kappa shape index (κ2) is 16.1. The Morgan fingerprint density at radius 3 is 1.57 bits per heavy atom. The topological polar surface area (TPSA) is 92.8 Å². The van der Waals surface area contributed by atoms with E-state index >= 15 is 0 Å². The van der Waals surface area contributed by atoms with E-state index < -0.39 is 42.5 Å². The van der Waals surface area contributed by atoms with Crippen LogP contribution in [0.4, 0.5) is 0 Å². The van der Waals surface area contributed by atoms with Gasteiger partial charge in [0.25, 0.3) is 11.8 Å². The van der Waals surface area contributed by atoms with E-state index in [2.05, 4.69) is 0 Å². The zero-order valence-corrected chi connectivity index (χ0v) is 28.2. The molecule has 5 aromatic carbocycles. The summed E-state index contributed by atoms with van der Waals surface area (Å²) in [6, 6.07) is 42.1. The minimum Gasteiger partial charge on any atom is -0.497 e. The summed E-state index contributed by atoms with van der Waals surface area (Å²) in [6.07, 6.45) is -3.54. The number of carbonyl (C=O) groups is 2. The Labute approximate surface area is 297 Å². The number of ether oxygens (including phenoxy) is 6. The minimum atomic E-state index is -1.15. The highest BCUT2D eigenvalue weighted by Crippen LogP contribution is 2.37. The summed E-state index contributed by atoms with van der Waals surface area (Å²) >= 11 is 0. The lowest BCUT2D eigenvalue weighted by Crippen LogP contribution is -2.67. The highest BCUT2D eigenvalue weighted by atomic mass is 16.7. The van der Waals surface area contributed by atoms with Gasteiger partial charge in [-0.3, -0.25) is 14.5 Å². The molecule has 9 heteroatoms. The number of methoxy groups -OCH3 is 1. The van der Waals surface area contributed by atoms with E-state index in [4.69, 9.17) is 28.4 Å². The fourth-order valence-corrected chi connectivity index (χ4v) is 6.45. The molecular formula is C42H39NO8. The van der Waals surface area contributed by atoms with Crippen LogP contribution in [-0.4, -0.2) is 61.1 Å². The Balaban J connectivity index is 1.28. The quantitative estimate of drug-likeness (QED) is 0.117. The van der Waals surface area contributed by atoms with Gasteiger partial charge in [0.15, 0.2) is 0 Å². The molecule has 2 aliphatic rings. The zero-order chi connectivity index (χ0) is 35.0. The van der Waals surface area contributed by atoms with Crippen LogP contribution in [0.5, 0.6) is 11.5 Å². The first-order valence-electron chi connectivity index (χ1n) is 16.9. The molecule has 0 bridgehead atoms. The van der Waals surface area contributed by atoms with Crippen molar-refractivity contribution < 1.29 is 38.0 Å². The van der Waals surface area contributed by atoms with Crippen LogP contribution in [0, 0.1) is 0 Å². The molecule has 0 radical (unpaired) electrons. The minimum absolute atomic E-state index is 0.122. The molecule has 7 rings (SSSR count). The van der Waals surface area contributed by atoms with Gasteiger partial charge in [-0.1, -0.05) is 103 Å². The normalized spacial score (nSPS) is 21.4. The molecule has 9 nitrogen and oxygen atoms in total. The van der Waals surface area contributed by atoms with Gasteiger partial charge in [-0.25, -0.2) is 0 Å². The van der Waals surface area contributed by atoms with E-state index in [9.17, 15) is 9.59 Å². The molecule has 260 valence electrons. The average molecular weight is 686 g/mol. The van der Waals surface area contributed by atoms with Crippen molar-refractivity contribution in [2.75, 3.05) is 13.7 Å². The van der Waals surface area contributed by atoms with Gasteiger partial charge in [0.1, 0.15) is 35.9 Å². The van der Waals surface area contributed by atoms with E-state index in [0.717, 1.165) is 16.7 Å². The van der Waals surface area contributed by atoms with Crippen molar-refractivity contribution in [2.24, 2.45) is 0 Å². The van der Waals surface area contributed by atoms with Crippen molar-refractivity contribution >= 4 is 11.8 Å². The number of fused-ring (bicyclic) bond motifs is 1. The number of nitrogens with zero attached hydrogens (tertiary/aromatic N) is 1. The lowest BCUT2D eigenvalue weighted by Gasteiger charge is -2.48. The Morgan fingerprint density at radius 1 is 0.569 bits per heavy atom. The van der Waals surface area contributed by atoms with Crippen molar-refractivity contribution in [1.29, 1.82) is 0 Å². The number of rotatable bonds is 14. The van der Waals surface area contributed by atoms with E-state index in [-0.39, 0.29) is 19.8 Å². The zero-order valence-electron chi connectivity index (χ0n) is 28.2. The van der Waals surface area contributed by atoms with Crippen molar-refractivity contribution in [1.82, 2.24) is 4.90 Å². The standard InChI is InChI=1S/C42H39NO8/c1-46-32-21-23-33(24-22-32)50-42-37(43-40(44)34-19-11-12-20-35(34)41(43)45)39(49-27-31-17-9-4-10-18-31)38(48-26-30-15-7-3-8-16-30)36(51-42)28-47-25-29-13-5-2-6-14-29/h2-24,36-39,42H,25-28H2,1H3/t36-,37-,38-,39-,42-/m1/s1. The van der Waals surface area contributed by atoms with Gasteiger partial charge >= 0.3 is 0 Å². The second-order valence-corrected chi connectivity index (χ2v) is 12.4. The summed E-state index contributed by atoms with van der Waals surface area (Å²) in [4.78, 5) is 29.5. The Hall–Kier alpha value is -5.32. The monoisotopic (exact) mass is 685 g/mol. The van der Waals surface area contributed by atoms with E-state index in [1.807, 2.05) is 91.0 Å². The van der Waals surface area contributed by atoms with E-state index in [1.54, 1.807) is 55.6 Å². The van der Waals surface area contributed by atoms with Crippen molar-refractivity contribution in [3.8, 4) is 11.5 Å². The fourth-order valence-electron chi connectivity index (χ4n) is 6.45. The largest absolute Gasteiger partial charge is 0.497 e. The summed E-state index contributed by atoms with van der Waals surface area (Å²) in [6.45, 7) is 0.877. The number of hydrogen-bond donors (Lipinski definition) is 0. The lowest BCUT2D eigenvalue weighted by atomic mass is 9.94. The van der Waals surface area contributed by atoms with Gasteiger partial charge in [-0.05, 0) is 53.1 Å². The molecule has 0 aliphatic carbocycles. The van der Waals surface area contributed by atoms with Crippen LogP contribution in [0.3, 0.4) is 0 Å². The highest BCUT2D eigenvalue weighted by Gasteiger charge is 2.56. The van der Waals surface area contributed by atoms with Crippen LogP contribution in [0.15, 0.2) is 140 Å². The SMILES string of the molecule is COc1ccc(O[C@@H]2O[C@H](COCc3ccccc3)[C@@H](OCc3ccccc3)[C@H](OCc3ccccc3)[C@H]2N2C(=O)c3ccccc3C2=O)cc1. The maximum Gasteiger partial charge on any atom is 0.262 e. The van der Waals surface area contributed by atoms with Crippen LogP contribution in [-0.2, 0) is 38.8 Å². The van der Waals surface area contributed by atoms with E-state index in [0.29, 0.717) is 29.2 Å². The van der Waals surface area contributed by atoms with Crippen molar-refractivity contribution in [3.05, 3.63) is 167 Å². The van der Waals surface area contributed by atoms with Crippen LogP contribution >= 0.6 is 0 Å². The molecule has 0 spiro atoms. The van der Waals surface area contributed by atoms with Gasteiger partial charge in [-0.2, -0.15) is 0 Å². The van der Waals surface area contributed by atoms with Crippen LogP contribution in [0.2, 0.25) is 0 Å². The predicted molar refractivity (Wildman–Crippen MR) is 189 cm³/mol. The third-order valence-electron chi connectivity index (χ3n) is 9.01. The van der Waals surface area contributed by atoms with E-state index in [1.165, 1.54) is 4.90 Å². The molecule has 2 heterocycles. The van der Waals surface area contributed by atoms with Gasteiger partial charge in [0.2, 0.25) is 6.29 Å². The molecule has 1 saturated heterocycles. The van der Waals surface area contributed by atoms with Gasteiger partial charge in [-0.15, -0.1) is 0 Å². The molecule has 5 aromatic rings. The fraction of sp³-hybridized carbons (Fsp3) is 0.238. The van der Waals surface area contributed by atoms with Crippen LogP contribution in [0.25, 0.3) is 0 Å². The maximum absolute atomic E-state index is 14.2. The molecule has 2 aliphatic heterocycles. The number of amides is 2. The summed E-state index contributed by atoms with van der Waals surface area (Å²) in [5.74, 6) is 0.189. The number of imide groups is 1. The van der Waals surface area contributed by atoms with Gasteiger partial charge in [0, 0.05) is 0 Å². The third-order valence-corrected chi connectivity index (χ3v) is 9.01. The van der Waals surface area contributed by atoms with Crippen molar-refractivity contribution in [3.63, 3.8) is 0 Å². The molecular weight excluding hydrogens is 646 g/mol. The smallest absolute Gasteiger partial charge is 0.262 e. The second-order valence-electron chi connectivity index (χ2n) is 12.4. The summed E-state index contributed by atoms with van der Waals surface area (Å²) in [5, 5.41) is 0. The van der Waals surface area contributed by atoms with Gasteiger partial charge < -0.3 is 28.4 Å². The molecule has 5 atom stereocenters. The molecule has 2 amide bonds. The lowest BCUT2D eigenvalue weighted by molar-refractivity contribution is -0.279. The molecule has 1 fully saturated rings. The predicted octanol–water partition coefficient (Wildman–Crippen LogP) is 6.85. The first-order valence-corrected chi connectivity index (χ1v) is 16.9. The molecule has 0 unspecified atom stereocenters. The number of carbonyl (C=O) groups excluding carboxylic acids is 2. The van der Waals surface area contributed by atoms with Crippen molar-refractivity contribution in [2.45, 2.75) is 50.5 Å². The highest BCUT2D eigenvalue weighted by molar-refractivity contribution is 6.21. The Kier molecular flexibility index (Phi) is 10.8. The first-order chi connectivity index (χ1) is 25.1. The Bertz CT molecular complexity index is 1850. The maximum atomic E-state index is 14.2. The van der Waals surface area contributed by atoms with Gasteiger partial charge in [0.05, 0.1) is 44.7 Å².